The zero-order valence-electron chi connectivity index (χ0n) is 6.11. The van der Waals surface area contributed by atoms with Crippen molar-refractivity contribution in [1.29, 1.82) is 0 Å². The minimum atomic E-state index is -5.12. The van der Waals surface area contributed by atoms with Gasteiger partial charge in [-0.25, -0.2) is 4.57 Å². The summed E-state index contributed by atoms with van der Waals surface area (Å²) in [4.78, 5) is 21.6. The summed E-state index contributed by atoms with van der Waals surface area (Å²) in [5.41, 5.74) is 0. The molecule has 0 heterocycles. The van der Waals surface area contributed by atoms with Gasteiger partial charge in [0.2, 0.25) is 0 Å². The van der Waals surface area contributed by atoms with Crippen LogP contribution >= 0.6 is 7.82 Å². The van der Waals surface area contributed by atoms with Crippen LogP contribution in [0.3, 0.4) is 0 Å². The fraction of sp³-hybridized carbons (Fsp3) is 0. The van der Waals surface area contributed by atoms with Crippen LogP contribution in [0.25, 0.3) is 0 Å². The van der Waals surface area contributed by atoms with Crippen LogP contribution in [0, 0.1) is 0 Å². The number of phosphoric acid groups is 1. The van der Waals surface area contributed by atoms with Crippen molar-refractivity contribution in [3.05, 3.63) is 0 Å². The Morgan fingerprint density at radius 3 is 0.941 bits per heavy atom. The molecule has 0 amide bonds. The number of hydrogen-bond acceptors (Lipinski definition) is 3. The smallest absolute Gasteiger partial charge is 0 e. The van der Waals surface area contributed by atoms with E-state index in [-0.39, 0.29) is 124 Å². The van der Waals surface area contributed by atoms with Crippen molar-refractivity contribution in [3.63, 3.8) is 0 Å². The SMILES string of the molecule is O=P(O)(O)O.[Co].[Fe].[LiH].[LiH].[Mn].[Ni].[O]=[Mn](=[O])([OH])[OH].[V]. The van der Waals surface area contributed by atoms with Crippen LogP contribution in [0.1, 0.15) is 0 Å². The second-order valence-corrected chi connectivity index (χ2v) is 3.25. The first-order chi connectivity index (χ1) is 4.00. The van der Waals surface area contributed by atoms with Crippen LogP contribution in [-0.4, -0.2) is 60.8 Å². The van der Waals surface area contributed by atoms with Crippen molar-refractivity contribution in [2.45, 2.75) is 0 Å². The van der Waals surface area contributed by atoms with Gasteiger partial charge in [0.1, 0.15) is 0 Å². The second-order valence-electron chi connectivity index (χ2n) is 0.928. The molecule has 17 heteroatoms. The molecule has 0 aromatic rings. The Kier molecular flexibility index (Phi) is 96.7. The minimum absolute atomic E-state index is 0. The van der Waals surface area contributed by atoms with Gasteiger partial charge in [0, 0.05) is 86.0 Å². The van der Waals surface area contributed by atoms with E-state index in [0.717, 1.165) is 0 Å². The van der Waals surface area contributed by atoms with Gasteiger partial charge in [-0.1, -0.05) is 0 Å². The van der Waals surface area contributed by atoms with Gasteiger partial charge in [-0.15, -0.1) is 0 Å². The van der Waals surface area contributed by atoms with Gasteiger partial charge in [-0.2, -0.15) is 0 Å². The van der Waals surface area contributed by atoms with E-state index < -0.39 is 21.2 Å². The molecule has 108 valence electrons. The van der Waals surface area contributed by atoms with E-state index in [9.17, 15) is 0 Å². The van der Waals surface area contributed by atoms with E-state index in [2.05, 4.69) is 0 Å². The van der Waals surface area contributed by atoms with Gasteiger partial charge in [-0.05, 0) is 0 Å². The number of hydrogen-bond donors (Lipinski definition) is 5. The fourth-order valence-electron chi connectivity index (χ4n) is 0. The molecular formula is H7CoFeLi2Mn2NiO8PV. The summed E-state index contributed by atoms with van der Waals surface area (Å²) in [6.07, 6.45) is 0. The van der Waals surface area contributed by atoms with Crippen molar-refractivity contribution < 1.29 is 135 Å². The Hall–Kier alpha value is 3.97. The van der Waals surface area contributed by atoms with E-state index in [4.69, 9.17) is 35.3 Å². The quantitative estimate of drug-likeness (QED) is 0.164. The summed E-state index contributed by atoms with van der Waals surface area (Å²) in [6, 6.07) is 0. The monoisotopic (exact) mass is 514 g/mol. The van der Waals surface area contributed by atoms with Crippen LogP contribution in [-0.2, 0) is 112 Å². The molecule has 0 unspecified atom stereocenters. The summed E-state index contributed by atoms with van der Waals surface area (Å²) in [5.74, 6) is 0. The third kappa shape index (κ3) is 409. The molecule has 0 aliphatic carbocycles. The molecule has 0 aliphatic rings. The van der Waals surface area contributed by atoms with E-state index in [0.29, 0.717) is 0 Å². The minimum Gasteiger partial charge on any atom is 0 e. The first-order valence-electron chi connectivity index (χ1n) is 1.43. The maximum absolute atomic E-state index is 8.88. The molecule has 0 atom stereocenters. The zero-order chi connectivity index (χ0) is 9.00. The molecule has 8 nitrogen and oxygen atoms in total. The van der Waals surface area contributed by atoms with Crippen molar-refractivity contribution in [2.24, 2.45) is 0 Å². The number of rotatable bonds is 0. The topological polar surface area (TPSA) is 152 Å². The van der Waals surface area contributed by atoms with Gasteiger partial charge in [0.25, 0.3) is 0 Å². The summed E-state index contributed by atoms with van der Waals surface area (Å²) >= 11 is -5.12. The molecule has 3 radical (unpaired) electrons. The molecule has 0 saturated heterocycles. The van der Waals surface area contributed by atoms with Crippen molar-refractivity contribution >= 4 is 45.5 Å². The molecule has 0 rings (SSSR count). The van der Waals surface area contributed by atoms with Gasteiger partial charge in [0.05, 0.1) is 0 Å². The molecular weight excluding hydrogens is 507 g/mol. The Labute approximate surface area is 177 Å². The average molecular weight is 514 g/mol. The van der Waals surface area contributed by atoms with Crippen LogP contribution in [0.4, 0.5) is 0 Å². The van der Waals surface area contributed by atoms with E-state index in [1.54, 1.807) is 0 Å². The van der Waals surface area contributed by atoms with Gasteiger partial charge in [-0.3, -0.25) is 0 Å². The second kappa shape index (κ2) is 28.2. The normalized spacial score (nSPS) is 6.88. The maximum atomic E-state index is 8.88. The largest absolute Gasteiger partial charge is 0 e. The molecule has 0 spiro atoms. The predicted octanol–water partition coefficient (Wildman–Crippen LogP) is -3.59. The van der Waals surface area contributed by atoms with Crippen LogP contribution in [0.5, 0.6) is 0 Å². The van der Waals surface area contributed by atoms with Gasteiger partial charge >= 0.3 is 75.0 Å². The van der Waals surface area contributed by atoms with E-state index >= 15 is 0 Å². The van der Waals surface area contributed by atoms with Crippen LogP contribution in [0.15, 0.2) is 0 Å². The summed E-state index contributed by atoms with van der Waals surface area (Å²) < 4.78 is 40.7. The van der Waals surface area contributed by atoms with Crippen LogP contribution < -0.4 is 0 Å². The molecule has 0 saturated carbocycles. The molecule has 0 aromatic carbocycles. The molecule has 0 bridgehead atoms. The van der Waals surface area contributed by atoms with Crippen molar-refractivity contribution in [3.8, 4) is 0 Å². The Morgan fingerprint density at radius 1 is 0.941 bits per heavy atom. The molecule has 5 N–H and O–H groups in total. The third-order valence-corrected chi connectivity index (χ3v) is 0. The van der Waals surface area contributed by atoms with Gasteiger partial charge in [0.15, 0.2) is 0 Å². The summed E-state index contributed by atoms with van der Waals surface area (Å²) in [5, 5.41) is 0. The van der Waals surface area contributed by atoms with Crippen molar-refractivity contribution in [2.75, 3.05) is 0 Å². The molecule has 0 aromatic heterocycles. The Bertz CT molecular complexity index is 219. The van der Waals surface area contributed by atoms with E-state index in [1.807, 2.05) is 0 Å². The zero-order valence-corrected chi connectivity index (χ0v) is 13.9. The standard InChI is InChI=1S/Co.Fe.2Li.2Mn.Ni.H3O4P.2H2O.2O.V.2H/c;;;;;;;1-5(2,3)4;;;;;;;/h;;;;;;;(H3,1,2,3,4);2*1H2;;;;;/q;;;;;+2;;;;;;;;;/p-2. The third-order valence-electron chi connectivity index (χ3n) is 0. The van der Waals surface area contributed by atoms with Gasteiger partial charge < -0.3 is 14.7 Å². The Balaban J connectivity index is -0.00000000762. The maximum Gasteiger partial charge on any atom is 0 e. The average Bonchev–Trinajstić information content (AvgIpc) is 1.12. The summed E-state index contributed by atoms with van der Waals surface area (Å²) in [7, 11) is -4.64. The first kappa shape index (κ1) is 58.4. The molecule has 0 fully saturated rings. The molecule has 0 aliphatic heterocycles. The summed E-state index contributed by atoms with van der Waals surface area (Å²) in [6.45, 7) is 0. The van der Waals surface area contributed by atoms with E-state index in [1.165, 1.54) is 0 Å². The first-order valence-corrected chi connectivity index (χ1v) is 5.01. The Morgan fingerprint density at radius 2 is 0.941 bits per heavy atom. The predicted molar refractivity (Wildman–Crippen MR) is 34.4 cm³/mol. The van der Waals surface area contributed by atoms with Crippen LogP contribution in [0.2, 0.25) is 0 Å². The van der Waals surface area contributed by atoms with Crippen molar-refractivity contribution in [1.82, 2.24) is 0 Å². The fourth-order valence-corrected chi connectivity index (χ4v) is 0. The molecule has 17 heavy (non-hydrogen) atoms.